The molecule has 5 rings (SSSR count). The van der Waals surface area contributed by atoms with E-state index in [2.05, 4.69) is 18.2 Å². The lowest BCUT2D eigenvalue weighted by Gasteiger charge is -2.38. The van der Waals surface area contributed by atoms with Gasteiger partial charge in [-0.2, -0.15) is 0 Å². The number of rotatable bonds is 5. The maximum absolute atomic E-state index is 13.5. The van der Waals surface area contributed by atoms with E-state index in [1.165, 1.54) is 16.9 Å². The Morgan fingerprint density at radius 3 is 2.32 bits per heavy atom. The van der Waals surface area contributed by atoms with Gasteiger partial charge in [0.1, 0.15) is 5.75 Å². The van der Waals surface area contributed by atoms with E-state index in [0.717, 1.165) is 22.4 Å². The summed E-state index contributed by atoms with van der Waals surface area (Å²) >= 11 is 1.45. The van der Waals surface area contributed by atoms with E-state index < -0.39 is 6.10 Å². The molecule has 3 heterocycles. The SMILES string of the molecule is CC(=O)N1CCN(C(=O)C(C)Oc2ccc3c(c2)C(c2ccccc2)N(C(=O)c2cccs2)CC3)CC1. The number of nitrogens with zero attached hydrogens (tertiary/aromatic N) is 3. The lowest BCUT2D eigenvalue weighted by Crippen LogP contribution is -2.52. The number of hydrogen-bond acceptors (Lipinski definition) is 5. The zero-order valence-electron chi connectivity index (χ0n) is 21.1. The van der Waals surface area contributed by atoms with Crippen LogP contribution in [0.5, 0.6) is 5.75 Å². The molecule has 3 amide bonds. The molecule has 0 spiro atoms. The molecule has 192 valence electrons. The van der Waals surface area contributed by atoms with Gasteiger partial charge in [0.2, 0.25) is 5.91 Å². The molecule has 8 heteroatoms. The molecule has 2 atom stereocenters. The van der Waals surface area contributed by atoms with E-state index in [-0.39, 0.29) is 23.8 Å². The lowest BCUT2D eigenvalue weighted by atomic mass is 9.87. The van der Waals surface area contributed by atoms with Crippen LogP contribution in [-0.2, 0) is 16.0 Å². The van der Waals surface area contributed by atoms with Gasteiger partial charge < -0.3 is 19.4 Å². The van der Waals surface area contributed by atoms with Crippen LogP contribution < -0.4 is 4.74 Å². The van der Waals surface area contributed by atoms with E-state index in [4.69, 9.17) is 4.74 Å². The number of fused-ring (bicyclic) bond motifs is 1. The molecule has 0 aliphatic carbocycles. The highest BCUT2D eigenvalue weighted by molar-refractivity contribution is 7.12. The first-order valence-corrected chi connectivity index (χ1v) is 13.5. The molecule has 0 saturated carbocycles. The van der Waals surface area contributed by atoms with Crippen molar-refractivity contribution in [3.63, 3.8) is 0 Å². The number of hydrogen-bond donors (Lipinski definition) is 0. The van der Waals surface area contributed by atoms with E-state index in [0.29, 0.717) is 38.5 Å². The molecule has 1 saturated heterocycles. The summed E-state index contributed by atoms with van der Waals surface area (Å²) in [5, 5.41) is 1.92. The van der Waals surface area contributed by atoms with Crippen molar-refractivity contribution in [2.24, 2.45) is 0 Å². The Hall–Kier alpha value is -3.65. The minimum absolute atomic E-state index is 0.0223. The van der Waals surface area contributed by atoms with Crippen molar-refractivity contribution in [2.45, 2.75) is 32.4 Å². The Morgan fingerprint density at radius 2 is 1.65 bits per heavy atom. The van der Waals surface area contributed by atoms with Gasteiger partial charge in [-0.3, -0.25) is 14.4 Å². The lowest BCUT2D eigenvalue weighted by molar-refractivity contribution is -0.143. The third kappa shape index (κ3) is 5.25. The van der Waals surface area contributed by atoms with Crippen LogP contribution in [0.4, 0.5) is 0 Å². The summed E-state index contributed by atoms with van der Waals surface area (Å²) in [4.78, 5) is 44.3. The van der Waals surface area contributed by atoms with Gasteiger partial charge in [-0.15, -0.1) is 11.3 Å². The maximum atomic E-state index is 13.5. The van der Waals surface area contributed by atoms with Crippen LogP contribution in [0.1, 0.15) is 46.3 Å². The number of piperazine rings is 1. The van der Waals surface area contributed by atoms with Gasteiger partial charge in [0, 0.05) is 39.6 Å². The average Bonchev–Trinajstić information content (AvgIpc) is 3.47. The second-order valence-electron chi connectivity index (χ2n) is 9.49. The van der Waals surface area contributed by atoms with Crippen molar-refractivity contribution in [3.8, 4) is 5.75 Å². The van der Waals surface area contributed by atoms with Crippen molar-refractivity contribution in [3.05, 3.63) is 87.6 Å². The standard InChI is InChI=1S/C29H31N3O4S/c1-20(28(34)31-16-14-30(15-17-31)21(2)33)36-24-11-10-22-12-13-32(29(35)26-9-6-18-37-26)27(25(22)19-24)23-7-4-3-5-8-23/h3-11,18-20,27H,12-17H2,1-2H3. The second-order valence-corrected chi connectivity index (χ2v) is 10.4. The molecule has 0 bridgehead atoms. The first-order chi connectivity index (χ1) is 17.9. The highest BCUT2D eigenvalue weighted by atomic mass is 32.1. The summed E-state index contributed by atoms with van der Waals surface area (Å²) in [6, 6.07) is 19.5. The molecule has 2 aliphatic heterocycles. The first kappa shape index (κ1) is 25.0. The number of carbonyl (C=O) groups excluding carboxylic acids is 3. The van der Waals surface area contributed by atoms with Crippen LogP contribution >= 0.6 is 11.3 Å². The molecule has 3 aromatic rings. The van der Waals surface area contributed by atoms with Crippen LogP contribution in [0.3, 0.4) is 0 Å². The molecular weight excluding hydrogens is 486 g/mol. The minimum Gasteiger partial charge on any atom is -0.481 e. The Morgan fingerprint density at radius 1 is 0.919 bits per heavy atom. The summed E-state index contributed by atoms with van der Waals surface area (Å²) in [6.45, 7) is 6.04. The Kier molecular flexibility index (Phi) is 7.28. The van der Waals surface area contributed by atoms with E-state index in [1.54, 1.807) is 23.6 Å². The van der Waals surface area contributed by atoms with Gasteiger partial charge in [-0.1, -0.05) is 42.5 Å². The van der Waals surface area contributed by atoms with Crippen LogP contribution in [0.2, 0.25) is 0 Å². The molecular formula is C29H31N3O4S. The molecule has 2 aliphatic rings. The Labute approximate surface area is 221 Å². The number of carbonyl (C=O) groups is 3. The highest BCUT2D eigenvalue weighted by Gasteiger charge is 2.34. The summed E-state index contributed by atoms with van der Waals surface area (Å²) in [7, 11) is 0. The fraction of sp³-hybridized carbons (Fsp3) is 0.345. The molecule has 0 N–H and O–H groups in total. The smallest absolute Gasteiger partial charge is 0.264 e. The average molecular weight is 518 g/mol. The normalized spacial score (nSPS) is 18.2. The fourth-order valence-corrected chi connectivity index (χ4v) is 5.85. The number of benzene rings is 2. The quantitative estimate of drug-likeness (QED) is 0.513. The number of thiophene rings is 1. The highest BCUT2D eigenvalue weighted by Crippen LogP contribution is 2.38. The molecule has 2 unspecified atom stereocenters. The number of amides is 3. The van der Waals surface area contributed by atoms with Crippen molar-refractivity contribution in [1.29, 1.82) is 0 Å². The van der Waals surface area contributed by atoms with Crippen LogP contribution in [-0.4, -0.2) is 71.2 Å². The second kappa shape index (κ2) is 10.8. The largest absolute Gasteiger partial charge is 0.481 e. The number of ether oxygens (including phenoxy) is 1. The van der Waals surface area contributed by atoms with Crippen LogP contribution in [0.15, 0.2) is 66.0 Å². The van der Waals surface area contributed by atoms with Gasteiger partial charge in [-0.05, 0) is 53.6 Å². The topological polar surface area (TPSA) is 70.2 Å². The predicted molar refractivity (Wildman–Crippen MR) is 143 cm³/mol. The molecule has 1 fully saturated rings. The first-order valence-electron chi connectivity index (χ1n) is 12.7. The van der Waals surface area contributed by atoms with E-state index >= 15 is 0 Å². The fourth-order valence-electron chi connectivity index (χ4n) is 5.18. The summed E-state index contributed by atoms with van der Waals surface area (Å²) < 4.78 is 6.15. The Balaban J connectivity index is 1.38. The van der Waals surface area contributed by atoms with Crippen LogP contribution in [0.25, 0.3) is 0 Å². The van der Waals surface area contributed by atoms with Gasteiger partial charge >= 0.3 is 0 Å². The van der Waals surface area contributed by atoms with Crippen molar-refractivity contribution in [2.75, 3.05) is 32.7 Å². The zero-order valence-corrected chi connectivity index (χ0v) is 21.9. The summed E-state index contributed by atoms with van der Waals surface area (Å²) in [5.41, 5.74) is 3.24. The monoisotopic (exact) mass is 517 g/mol. The van der Waals surface area contributed by atoms with Gasteiger partial charge in [0.05, 0.1) is 10.9 Å². The van der Waals surface area contributed by atoms with Gasteiger partial charge in [0.25, 0.3) is 11.8 Å². The van der Waals surface area contributed by atoms with Gasteiger partial charge in [-0.25, -0.2) is 0 Å². The third-order valence-electron chi connectivity index (χ3n) is 7.15. The Bertz CT molecular complexity index is 1270. The van der Waals surface area contributed by atoms with Crippen LogP contribution in [0, 0.1) is 0 Å². The van der Waals surface area contributed by atoms with Gasteiger partial charge in [0.15, 0.2) is 6.10 Å². The minimum atomic E-state index is -0.662. The molecule has 7 nitrogen and oxygen atoms in total. The predicted octanol–water partition coefficient (Wildman–Crippen LogP) is 3.99. The van der Waals surface area contributed by atoms with E-state index in [9.17, 15) is 14.4 Å². The zero-order chi connectivity index (χ0) is 25.9. The maximum Gasteiger partial charge on any atom is 0.264 e. The van der Waals surface area contributed by atoms with E-state index in [1.807, 2.05) is 52.7 Å². The van der Waals surface area contributed by atoms with Crippen molar-refractivity contribution < 1.29 is 19.1 Å². The molecule has 37 heavy (non-hydrogen) atoms. The molecule has 0 radical (unpaired) electrons. The van der Waals surface area contributed by atoms with Crippen molar-refractivity contribution in [1.82, 2.24) is 14.7 Å². The molecule has 1 aromatic heterocycles. The summed E-state index contributed by atoms with van der Waals surface area (Å²) in [5.74, 6) is 0.572. The van der Waals surface area contributed by atoms with Crippen molar-refractivity contribution >= 4 is 29.1 Å². The summed E-state index contributed by atoms with van der Waals surface area (Å²) in [6.07, 6.45) is 0.0925. The third-order valence-corrected chi connectivity index (χ3v) is 8.01. The molecule has 2 aromatic carbocycles.